The van der Waals surface area contributed by atoms with Gasteiger partial charge in [-0.25, -0.2) is 0 Å². The Balaban J connectivity index is 1.99. The zero-order valence-corrected chi connectivity index (χ0v) is 15.8. The van der Waals surface area contributed by atoms with Crippen LogP contribution in [-0.2, 0) is 12.6 Å². The maximum absolute atomic E-state index is 13.0. The van der Waals surface area contributed by atoms with Crippen molar-refractivity contribution >= 4 is 6.08 Å². The summed E-state index contributed by atoms with van der Waals surface area (Å²) in [4.78, 5) is 0. The van der Waals surface area contributed by atoms with Gasteiger partial charge < -0.3 is 5.32 Å². The first-order valence-corrected chi connectivity index (χ1v) is 9.20. The molecule has 0 aromatic heterocycles. The lowest BCUT2D eigenvalue weighted by Gasteiger charge is -2.11. The minimum atomic E-state index is -4.36. The number of hydrogen-bond donors (Lipinski definition) is 1. The zero-order valence-electron chi connectivity index (χ0n) is 15.8. The van der Waals surface area contributed by atoms with E-state index in [0.717, 1.165) is 53.2 Å². The van der Waals surface area contributed by atoms with Gasteiger partial charge in [-0.15, -0.1) is 0 Å². The van der Waals surface area contributed by atoms with E-state index in [1.807, 2.05) is 24.3 Å². The average molecular weight is 382 g/mol. The number of rotatable bonds is 5. The fourth-order valence-electron chi connectivity index (χ4n) is 3.55. The van der Waals surface area contributed by atoms with E-state index in [-0.39, 0.29) is 0 Å². The highest BCUT2D eigenvalue weighted by Crippen LogP contribution is 2.36. The summed E-state index contributed by atoms with van der Waals surface area (Å²) in [6.45, 7) is 2.07. The molecule has 0 atom stereocenters. The highest BCUT2D eigenvalue weighted by Gasteiger charge is 2.30. The third kappa shape index (κ3) is 3.96. The van der Waals surface area contributed by atoms with Crippen LogP contribution in [-0.4, -0.2) is 7.05 Å². The highest BCUT2D eigenvalue weighted by atomic mass is 19.4. The Morgan fingerprint density at radius 1 is 1.14 bits per heavy atom. The molecule has 0 spiro atoms. The van der Waals surface area contributed by atoms with Crippen LogP contribution in [0.1, 0.15) is 36.5 Å². The van der Waals surface area contributed by atoms with Crippen LogP contribution in [0.2, 0.25) is 0 Å². The predicted octanol–water partition coefficient (Wildman–Crippen LogP) is 6.11. The maximum atomic E-state index is 13.0. The number of nitriles is 1. The number of allylic oxidation sites excluding steroid dienone is 3. The molecule has 3 rings (SSSR count). The molecule has 0 heterocycles. The van der Waals surface area contributed by atoms with Crippen molar-refractivity contribution in [3.05, 3.63) is 76.0 Å². The van der Waals surface area contributed by atoms with Crippen molar-refractivity contribution in [2.45, 2.75) is 32.4 Å². The standard InChI is InChI=1S/C23H21F3N2/c1-3-5-21(22(14-27)28-2)19-11-17-9-8-16(10-18(17)12-19)15-6-4-7-20(13-15)23(24,25)26/h4,6-10,12-13,28H,3,5,11H2,1-2H3/b22-21+. The van der Waals surface area contributed by atoms with Gasteiger partial charge in [0, 0.05) is 7.05 Å². The van der Waals surface area contributed by atoms with Gasteiger partial charge in [-0.05, 0) is 64.4 Å². The lowest BCUT2D eigenvalue weighted by atomic mass is 9.97. The van der Waals surface area contributed by atoms with Gasteiger partial charge in [-0.1, -0.05) is 43.7 Å². The fraction of sp³-hybridized carbons (Fsp3) is 0.261. The third-order valence-corrected chi connectivity index (χ3v) is 4.93. The van der Waals surface area contributed by atoms with Gasteiger partial charge in [0.2, 0.25) is 0 Å². The molecule has 0 aliphatic heterocycles. The minimum absolute atomic E-state index is 0.539. The lowest BCUT2D eigenvalue weighted by Crippen LogP contribution is -2.09. The number of nitrogens with zero attached hydrogens (tertiary/aromatic N) is 1. The molecule has 0 unspecified atom stereocenters. The number of halogens is 3. The summed E-state index contributed by atoms with van der Waals surface area (Å²) in [5.74, 6) is 0. The molecular weight excluding hydrogens is 361 g/mol. The summed E-state index contributed by atoms with van der Waals surface area (Å²) >= 11 is 0. The Kier molecular flexibility index (Phi) is 5.60. The van der Waals surface area contributed by atoms with Crippen LogP contribution >= 0.6 is 0 Å². The van der Waals surface area contributed by atoms with Gasteiger partial charge in [0.1, 0.15) is 11.8 Å². The SMILES string of the molecule is CCC/C(C1=Cc2cc(-c3cccc(C(F)(F)F)c3)ccc2C1)=C(/C#N)NC. The smallest absolute Gasteiger partial charge is 0.379 e. The zero-order chi connectivity index (χ0) is 20.3. The maximum Gasteiger partial charge on any atom is 0.416 e. The molecular formula is C23H21F3N2. The first-order chi connectivity index (χ1) is 13.4. The van der Waals surface area contributed by atoms with E-state index < -0.39 is 11.7 Å². The molecule has 0 amide bonds. The Labute approximate surface area is 163 Å². The molecule has 1 N–H and O–H groups in total. The minimum Gasteiger partial charge on any atom is -0.379 e. The van der Waals surface area contributed by atoms with E-state index in [4.69, 9.17) is 0 Å². The van der Waals surface area contributed by atoms with Crippen molar-refractivity contribution in [1.29, 1.82) is 5.26 Å². The molecule has 2 nitrogen and oxygen atoms in total. The van der Waals surface area contributed by atoms with E-state index in [0.29, 0.717) is 11.3 Å². The van der Waals surface area contributed by atoms with Crippen LogP contribution in [0, 0.1) is 11.3 Å². The third-order valence-electron chi connectivity index (χ3n) is 4.93. The van der Waals surface area contributed by atoms with Gasteiger partial charge >= 0.3 is 6.18 Å². The van der Waals surface area contributed by atoms with Crippen LogP contribution in [0.4, 0.5) is 13.2 Å². The molecule has 0 saturated carbocycles. The summed E-state index contributed by atoms with van der Waals surface area (Å²) in [5, 5.41) is 12.4. The second-order valence-electron chi connectivity index (χ2n) is 6.80. The molecule has 1 aliphatic rings. The van der Waals surface area contributed by atoms with E-state index in [1.165, 1.54) is 12.1 Å². The second kappa shape index (κ2) is 7.93. The molecule has 0 saturated heterocycles. The number of hydrogen-bond acceptors (Lipinski definition) is 2. The van der Waals surface area contributed by atoms with Crippen molar-refractivity contribution in [1.82, 2.24) is 5.32 Å². The molecule has 2 aromatic carbocycles. The molecule has 2 aromatic rings. The second-order valence-corrected chi connectivity index (χ2v) is 6.80. The predicted molar refractivity (Wildman–Crippen MR) is 105 cm³/mol. The Morgan fingerprint density at radius 2 is 1.89 bits per heavy atom. The van der Waals surface area contributed by atoms with Gasteiger partial charge in [0.05, 0.1) is 5.56 Å². The van der Waals surface area contributed by atoms with Crippen LogP contribution in [0.5, 0.6) is 0 Å². The monoisotopic (exact) mass is 382 g/mol. The summed E-state index contributed by atoms with van der Waals surface area (Å²) in [6.07, 6.45) is 0.127. The summed E-state index contributed by atoms with van der Waals surface area (Å²) < 4.78 is 39.0. The van der Waals surface area contributed by atoms with E-state index in [1.54, 1.807) is 13.1 Å². The quantitative estimate of drug-likeness (QED) is 0.634. The largest absolute Gasteiger partial charge is 0.416 e. The molecule has 144 valence electrons. The van der Waals surface area contributed by atoms with Crippen LogP contribution in [0.3, 0.4) is 0 Å². The van der Waals surface area contributed by atoms with Gasteiger partial charge in [0.15, 0.2) is 0 Å². The Bertz CT molecular complexity index is 992. The summed E-state index contributed by atoms with van der Waals surface area (Å²) in [7, 11) is 1.74. The van der Waals surface area contributed by atoms with Crippen LogP contribution in [0.25, 0.3) is 17.2 Å². The molecule has 1 aliphatic carbocycles. The van der Waals surface area contributed by atoms with Crippen LogP contribution < -0.4 is 5.32 Å². The lowest BCUT2D eigenvalue weighted by molar-refractivity contribution is -0.137. The number of fused-ring (bicyclic) bond motifs is 1. The van der Waals surface area contributed by atoms with E-state index in [9.17, 15) is 18.4 Å². The topological polar surface area (TPSA) is 35.8 Å². The fourth-order valence-corrected chi connectivity index (χ4v) is 3.55. The average Bonchev–Trinajstić information content (AvgIpc) is 3.10. The van der Waals surface area contributed by atoms with Gasteiger partial charge in [-0.3, -0.25) is 0 Å². The molecule has 0 bridgehead atoms. The van der Waals surface area contributed by atoms with Crippen molar-refractivity contribution in [2.75, 3.05) is 7.05 Å². The van der Waals surface area contributed by atoms with E-state index >= 15 is 0 Å². The Morgan fingerprint density at radius 3 is 2.54 bits per heavy atom. The highest BCUT2D eigenvalue weighted by molar-refractivity contribution is 5.75. The molecule has 0 fully saturated rings. The number of alkyl halides is 3. The van der Waals surface area contributed by atoms with Crippen molar-refractivity contribution in [3.63, 3.8) is 0 Å². The number of nitrogens with one attached hydrogen (secondary N) is 1. The van der Waals surface area contributed by atoms with Gasteiger partial charge in [-0.2, -0.15) is 18.4 Å². The van der Waals surface area contributed by atoms with E-state index in [2.05, 4.69) is 18.3 Å². The number of benzene rings is 2. The van der Waals surface area contributed by atoms with Crippen molar-refractivity contribution < 1.29 is 13.2 Å². The summed E-state index contributed by atoms with van der Waals surface area (Å²) in [6, 6.07) is 13.3. The molecule has 0 radical (unpaired) electrons. The van der Waals surface area contributed by atoms with Gasteiger partial charge in [0.25, 0.3) is 0 Å². The first-order valence-electron chi connectivity index (χ1n) is 9.20. The van der Waals surface area contributed by atoms with Crippen LogP contribution in [0.15, 0.2) is 59.3 Å². The first kappa shape index (κ1) is 19.8. The summed E-state index contributed by atoms with van der Waals surface area (Å²) in [5.41, 5.74) is 5.41. The molecule has 5 heteroatoms. The normalized spacial score (nSPS) is 14.1. The van der Waals surface area contributed by atoms with Crippen molar-refractivity contribution in [2.24, 2.45) is 0 Å². The molecule has 28 heavy (non-hydrogen) atoms. The van der Waals surface area contributed by atoms with Crippen molar-refractivity contribution in [3.8, 4) is 17.2 Å². The Hall–Kier alpha value is -3.00.